The molecule has 0 fully saturated rings. The van der Waals surface area contributed by atoms with E-state index in [1.54, 1.807) is 18.2 Å². The number of benzene rings is 1. The van der Waals surface area contributed by atoms with Gasteiger partial charge in [0.25, 0.3) is 0 Å². The Labute approximate surface area is 83.0 Å². The van der Waals surface area contributed by atoms with Crippen LogP contribution in [0.2, 0.25) is 0 Å². The second-order valence-corrected chi connectivity index (χ2v) is 3.75. The van der Waals surface area contributed by atoms with Gasteiger partial charge in [-0.05, 0) is 31.4 Å². The standard InChI is InChI=1S/C11H15FO2/c1-11(14,8-13)7-6-9-4-2-3-5-10(9)12/h2-5,13-14H,6-8H2,1H3. The molecular weight excluding hydrogens is 183 g/mol. The van der Waals surface area contributed by atoms with Gasteiger partial charge in [0.15, 0.2) is 0 Å². The van der Waals surface area contributed by atoms with Gasteiger partial charge in [-0.1, -0.05) is 18.2 Å². The Morgan fingerprint density at radius 2 is 2.00 bits per heavy atom. The summed E-state index contributed by atoms with van der Waals surface area (Å²) in [6, 6.07) is 6.46. The molecule has 14 heavy (non-hydrogen) atoms. The lowest BCUT2D eigenvalue weighted by Gasteiger charge is -2.19. The van der Waals surface area contributed by atoms with Gasteiger partial charge >= 0.3 is 0 Å². The first-order valence-corrected chi connectivity index (χ1v) is 4.62. The van der Waals surface area contributed by atoms with Crippen LogP contribution in [-0.4, -0.2) is 22.4 Å². The third kappa shape index (κ3) is 3.09. The molecule has 1 atom stereocenters. The zero-order chi connectivity index (χ0) is 10.6. The summed E-state index contributed by atoms with van der Waals surface area (Å²) in [4.78, 5) is 0. The lowest BCUT2D eigenvalue weighted by atomic mass is 9.97. The van der Waals surface area contributed by atoms with Gasteiger partial charge in [-0.2, -0.15) is 0 Å². The van der Waals surface area contributed by atoms with E-state index in [2.05, 4.69) is 0 Å². The first kappa shape index (κ1) is 11.1. The molecule has 0 bridgehead atoms. The number of rotatable bonds is 4. The normalized spacial score (nSPS) is 15.1. The number of aryl methyl sites for hydroxylation is 1. The zero-order valence-electron chi connectivity index (χ0n) is 8.20. The Balaban J connectivity index is 2.58. The predicted octanol–water partition coefficient (Wildman–Crippen LogP) is 1.50. The molecule has 0 aliphatic heterocycles. The molecule has 1 rings (SSSR count). The molecule has 0 heterocycles. The van der Waals surface area contributed by atoms with Crippen LogP contribution in [0, 0.1) is 5.82 Å². The summed E-state index contributed by atoms with van der Waals surface area (Å²) in [5.74, 6) is -0.263. The second-order valence-electron chi connectivity index (χ2n) is 3.75. The number of hydrogen-bond acceptors (Lipinski definition) is 2. The van der Waals surface area contributed by atoms with E-state index < -0.39 is 5.60 Å². The van der Waals surface area contributed by atoms with E-state index in [9.17, 15) is 9.50 Å². The van der Waals surface area contributed by atoms with Crippen molar-refractivity contribution in [1.29, 1.82) is 0 Å². The monoisotopic (exact) mass is 198 g/mol. The Morgan fingerprint density at radius 1 is 1.36 bits per heavy atom. The molecule has 0 aliphatic rings. The highest BCUT2D eigenvalue weighted by Gasteiger charge is 2.18. The minimum Gasteiger partial charge on any atom is -0.393 e. The molecule has 0 saturated heterocycles. The molecule has 0 aliphatic carbocycles. The third-order valence-electron chi connectivity index (χ3n) is 2.23. The van der Waals surface area contributed by atoms with Crippen LogP contribution in [0.1, 0.15) is 18.9 Å². The summed E-state index contributed by atoms with van der Waals surface area (Å²) in [5, 5.41) is 18.3. The van der Waals surface area contributed by atoms with Crippen molar-refractivity contribution in [3.05, 3.63) is 35.6 Å². The maximum absolute atomic E-state index is 13.1. The maximum atomic E-state index is 13.1. The minimum absolute atomic E-state index is 0.263. The topological polar surface area (TPSA) is 40.5 Å². The Hall–Kier alpha value is -0.930. The van der Waals surface area contributed by atoms with E-state index in [-0.39, 0.29) is 12.4 Å². The predicted molar refractivity (Wildman–Crippen MR) is 52.4 cm³/mol. The van der Waals surface area contributed by atoms with E-state index in [0.29, 0.717) is 18.4 Å². The van der Waals surface area contributed by atoms with Gasteiger partial charge in [-0.15, -0.1) is 0 Å². The third-order valence-corrected chi connectivity index (χ3v) is 2.23. The van der Waals surface area contributed by atoms with Crippen LogP contribution in [0.25, 0.3) is 0 Å². The van der Waals surface area contributed by atoms with Gasteiger partial charge in [0.2, 0.25) is 0 Å². The van der Waals surface area contributed by atoms with Crippen LogP contribution in [0.15, 0.2) is 24.3 Å². The first-order valence-electron chi connectivity index (χ1n) is 4.62. The average molecular weight is 198 g/mol. The van der Waals surface area contributed by atoms with Crippen LogP contribution < -0.4 is 0 Å². The van der Waals surface area contributed by atoms with E-state index in [4.69, 9.17) is 5.11 Å². The smallest absolute Gasteiger partial charge is 0.126 e. The van der Waals surface area contributed by atoms with Crippen molar-refractivity contribution in [3.63, 3.8) is 0 Å². The van der Waals surface area contributed by atoms with Crippen LogP contribution in [-0.2, 0) is 6.42 Å². The molecule has 1 aromatic rings. The van der Waals surface area contributed by atoms with Crippen molar-refractivity contribution in [2.45, 2.75) is 25.4 Å². The van der Waals surface area contributed by atoms with Gasteiger partial charge in [0.1, 0.15) is 5.82 Å². The van der Waals surface area contributed by atoms with Crippen LogP contribution in [0.5, 0.6) is 0 Å². The molecule has 0 aromatic heterocycles. The Morgan fingerprint density at radius 3 is 2.57 bits per heavy atom. The Bertz CT molecular complexity index is 297. The highest BCUT2D eigenvalue weighted by molar-refractivity contribution is 5.17. The van der Waals surface area contributed by atoms with Crippen LogP contribution in [0.3, 0.4) is 0 Å². The largest absolute Gasteiger partial charge is 0.393 e. The zero-order valence-corrected chi connectivity index (χ0v) is 8.20. The van der Waals surface area contributed by atoms with Gasteiger partial charge < -0.3 is 10.2 Å². The highest BCUT2D eigenvalue weighted by atomic mass is 19.1. The van der Waals surface area contributed by atoms with E-state index >= 15 is 0 Å². The van der Waals surface area contributed by atoms with Crippen molar-refractivity contribution in [2.24, 2.45) is 0 Å². The summed E-state index contributed by atoms with van der Waals surface area (Å²) in [7, 11) is 0. The molecule has 0 amide bonds. The quantitative estimate of drug-likeness (QED) is 0.769. The fourth-order valence-electron chi connectivity index (χ4n) is 1.18. The van der Waals surface area contributed by atoms with Crippen LogP contribution in [0.4, 0.5) is 4.39 Å². The molecule has 0 saturated carbocycles. The fraction of sp³-hybridized carbons (Fsp3) is 0.455. The summed E-state index contributed by atoms with van der Waals surface area (Å²) < 4.78 is 13.1. The molecule has 2 N–H and O–H groups in total. The van der Waals surface area contributed by atoms with E-state index in [1.165, 1.54) is 13.0 Å². The molecule has 0 spiro atoms. The summed E-state index contributed by atoms with van der Waals surface area (Å²) in [5.41, 5.74) is -0.552. The van der Waals surface area contributed by atoms with Crippen molar-refractivity contribution in [1.82, 2.24) is 0 Å². The lowest BCUT2D eigenvalue weighted by Crippen LogP contribution is -2.29. The van der Waals surface area contributed by atoms with Gasteiger partial charge in [0.05, 0.1) is 12.2 Å². The highest BCUT2D eigenvalue weighted by Crippen LogP contribution is 2.15. The number of aliphatic hydroxyl groups excluding tert-OH is 1. The van der Waals surface area contributed by atoms with Crippen molar-refractivity contribution < 1.29 is 14.6 Å². The van der Waals surface area contributed by atoms with Crippen molar-refractivity contribution >= 4 is 0 Å². The van der Waals surface area contributed by atoms with Crippen molar-refractivity contribution in [3.8, 4) is 0 Å². The molecule has 0 radical (unpaired) electrons. The van der Waals surface area contributed by atoms with Gasteiger partial charge in [-0.3, -0.25) is 0 Å². The summed E-state index contributed by atoms with van der Waals surface area (Å²) >= 11 is 0. The molecule has 1 unspecified atom stereocenters. The summed E-state index contributed by atoms with van der Waals surface area (Å²) in [6.45, 7) is 1.23. The number of halogens is 1. The summed E-state index contributed by atoms with van der Waals surface area (Å²) in [6.07, 6.45) is 0.782. The SMILES string of the molecule is CC(O)(CO)CCc1ccccc1F. The second kappa shape index (κ2) is 4.53. The van der Waals surface area contributed by atoms with Gasteiger partial charge in [-0.25, -0.2) is 4.39 Å². The van der Waals surface area contributed by atoms with Crippen molar-refractivity contribution in [2.75, 3.05) is 6.61 Å². The van der Waals surface area contributed by atoms with E-state index in [0.717, 1.165) is 0 Å². The lowest BCUT2D eigenvalue weighted by molar-refractivity contribution is -0.00487. The molecule has 1 aromatic carbocycles. The van der Waals surface area contributed by atoms with E-state index in [1.807, 2.05) is 0 Å². The number of aliphatic hydroxyl groups is 2. The maximum Gasteiger partial charge on any atom is 0.126 e. The molecular formula is C11H15FO2. The molecule has 2 nitrogen and oxygen atoms in total. The molecule has 3 heteroatoms. The minimum atomic E-state index is -1.12. The number of hydrogen-bond donors (Lipinski definition) is 2. The first-order chi connectivity index (χ1) is 6.55. The van der Waals surface area contributed by atoms with Crippen LogP contribution >= 0.6 is 0 Å². The van der Waals surface area contributed by atoms with Gasteiger partial charge in [0, 0.05) is 0 Å². The molecule has 78 valence electrons. The fourth-order valence-corrected chi connectivity index (χ4v) is 1.18. The Kier molecular flexibility index (Phi) is 3.61. The average Bonchev–Trinajstić information content (AvgIpc) is 2.17.